The summed E-state index contributed by atoms with van der Waals surface area (Å²) in [5.74, 6) is 1.63. The zero-order valence-corrected chi connectivity index (χ0v) is 20.2. The highest BCUT2D eigenvalue weighted by Crippen LogP contribution is 2.61. The molecule has 0 aromatic carbocycles. The molecule has 2 N–H and O–H groups in total. The summed E-state index contributed by atoms with van der Waals surface area (Å²) < 4.78 is 1.56. The Morgan fingerprint density at radius 3 is 2.81 bits per heavy atom. The number of amides is 1. The Bertz CT molecular complexity index is 1060. The molecule has 9 heteroatoms. The minimum atomic E-state index is -0.337. The highest BCUT2D eigenvalue weighted by molar-refractivity contribution is 9.10. The summed E-state index contributed by atoms with van der Waals surface area (Å²) in [4.78, 5) is 29.0. The van der Waals surface area contributed by atoms with Crippen LogP contribution in [0.2, 0.25) is 5.02 Å². The quantitative estimate of drug-likeness (QED) is 0.619. The second-order valence-corrected chi connectivity index (χ2v) is 10.5. The van der Waals surface area contributed by atoms with Crippen LogP contribution in [-0.4, -0.2) is 26.7 Å². The molecule has 166 valence electrons. The minimum absolute atomic E-state index is 0.168. The SMILES string of the molecule is C[C@@H]1[C@H]2C[C@@H](C[C@H]1Nc1cnn(CC(=O)NCc3ccncc3Cl)c(=O)c1Br)C2(C)C. The van der Waals surface area contributed by atoms with Crippen LogP contribution in [-0.2, 0) is 17.9 Å². The lowest BCUT2D eigenvalue weighted by atomic mass is 9.45. The van der Waals surface area contributed by atoms with E-state index in [0.717, 1.165) is 22.6 Å². The van der Waals surface area contributed by atoms with Crippen molar-refractivity contribution in [3.63, 3.8) is 0 Å². The van der Waals surface area contributed by atoms with Crippen LogP contribution < -0.4 is 16.2 Å². The predicted molar refractivity (Wildman–Crippen MR) is 124 cm³/mol. The third-order valence-electron chi connectivity index (χ3n) is 7.31. The van der Waals surface area contributed by atoms with Crippen LogP contribution in [0.15, 0.2) is 33.9 Å². The van der Waals surface area contributed by atoms with E-state index < -0.39 is 0 Å². The second kappa shape index (κ2) is 8.54. The number of rotatable bonds is 6. The summed E-state index contributed by atoms with van der Waals surface area (Å²) in [6.07, 6.45) is 7.15. The van der Waals surface area contributed by atoms with E-state index in [2.05, 4.69) is 57.4 Å². The molecule has 2 aromatic rings. The van der Waals surface area contributed by atoms with Gasteiger partial charge in [0.25, 0.3) is 5.56 Å². The maximum Gasteiger partial charge on any atom is 0.283 e. The molecule has 0 unspecified atom stereocenters. The standard InChI is InChI=1S/C22H27BrClN5O2/c1-12-15-6-14(22(15,2)3)7-17(12)28-18-10-27-29(21(31)20(18)23)11-19(30)26-8-13-4-5-25-9-16(13)24/h4-5,9-10,12,14-15,17,28H,6-8,11H2,1-3H3,(H,26,30)/t12-,14+,15-,17-/m1/s1. The van der Waals surface area contributed by atoms with Crippen LogP contribution in [0.1, 0.15) is 39.2 Å². The van der Waals surface area contributed by atoms with Crippen molar-refractivity contribution >= 4 is 39.1 Å². The Morgan fingerprint density at radius 2 is 2.13 bits per heavy atom. The van der Waals surface area contributed by atoms with Crippen molar-refractivity contribution in [1.29, 1.82) is 0 Å². The molecule has 0 saturated heterocycles. The molecule has 2 bridgehead atoms. The Balaban J connectivity index is 1.39. The van der Waals surface area contributed by atoms with Crippen molar-refractivity contribution in [2.75, 3.05) is 5.32 Å². The molecule has 3 aliphatic carbocycles. The Hall–Kier alpha value is -1.93. The summed E-state index contributed by atoms with van der Waals surface area (Å²) in [5.41, 5.74) is 1.51. The smallest absolute Gasteiger partial charge is 0.283 e. The number of anilines is 1. The molecule has 3 fully saturated rings. The van der Waals surface area contributed by atoms with Crippen LogP contribution in [0, 0.1) is 23.2 Å². The molecular weight excluding hydrogens is 482 g/mol. The highest BCUT2D eigenvalue weighted by atomic mass is 79.9. The first kappa shape index (κ1) is 22.3. The van der Waals surface area contributed by atoms with E-state index in [0.29, 0.717) is 38.5 Å². The maximum absolute atomic E-state index is 12.8. The van der Waals surface area contributed by atoms with E-state index >= 15 is 0 Å². The molecule has 3 saturated carbocycles. The van der Waals surface area contributed by atoms with Crippen molar-refractivity contribution < 1.29 is 4.79 Å². The average molecular weight is 509 g/mol. The number of nitrogens with one attached hydrogen (secondary N) is 2. The first-order valence-corrected chi connectivity index (χ1v) is 11.7. The summed E-state index contributed by atoms with van der Waals surface area (Å²) in [7, 11) is 0. The highest BCUT2D eigenvalue weighted by Gasteiger charge is 2.56. The summed E-state index contributed by atoms with van der Waals surface area (Å²) in [5, 5.41) is 11.0. The van der Waals surface area contributed by atoms with Gasteiger partial charge in [0, 0.05) is 25.0 Å². The Morgan fingerprint density at radius 1 is 1.35 bits per heavy atom. The molecule has 0 aliphatic heterocycles. The summed E-state index contributed by atoms with van der Waals surface area (Å²) in [6, 6.07) is 2.06. The minimum Gasteiger partial charge on any atom is -0.380 e. The topological polar surface area (TPSA) is 88.9 Å². The number of nitrogens with zero attached hydrogens (tertiary/aromatic N) is 3. The average Bonchev–Trinajstić information content (AvgIpc) is 2.73. The van der Waals surface area contributed by atoms with E-state index in [1.807, 2.05) is 0 Å². The van der Waals surface area contributed by atoms with E-state index in [1.165, 1.54) is 12.6 Å². The molecule has 2 heterocycles. The molecule has 3 aliphatic rings. The largest absolute Gasteiger partial charge is 0.380 e. The monoisotopic (exact) mass is 507 g/mol. The van der Waals surface area contributed by atoms with Gasteiger partial charge < -0.3 is 10.6 Å². The lowest BCUT2D eigenvalue weighted by molar-refractivity contribution is -0.122. The zero-order valence-electron chi connectivity index (χ0n) is 17.9. The van der Waals surface area contributed by atoms with Gasteiger partial charge in [0.2, 0.25) is 5.91 Å². The van der Waals surface area contributed by atoms with Gasteiger partial charge in [-0.25, -0.2) is 4.68 Å². The number of carbonyl (C=O) groups is 1. The van der Waals surface area contributed by atoms with Gasteiger partial charge in [-0.15, -0.1) is 0 Å². The number of fused-ring (bicyclic) bond motifs is 2. The third-order valence-corrected chi connectivity index (χ3v) is 8.41. The van der Waals surface area contributed by atoms with Gasteiger partial charge in [0.15, 0.2) is 0 Å². The number of hydrogen-bond donors (Lipinski definition) is 2. The van der Waals surface area contributed by atoms with Gasteiger partial charge in [-0.2, -0.15) is 5.10 Å². The van der Waals surface area contributed by atoms with E-state index in [4.69, 9.17) is 11.6 Å². The summed E-state index contributed by atoms with van der Waals surface area (Å²) >= 11 is 9.46. The Labute approximate surface area is 195 Å². The normalized spacial score (nSPS) is 26.1. The predicted octanol–water partition coefficient (Wildman–Crippen LogP) is 3.85. The number of halogens is 2. The van der Waals surface area contributed by atoms with Crippen molar-refractivity contribution in [3.05, 3.63) is 50.1 Å². The fourth-order valence-corrected chi connectivity index (χ4v) is 5.76. The molecule has 2 aromatic heterocycles. The molecule has 4 atom stereocenters. The number of hydrogen-bond acceptors (Lipinski definition) is 5. The van der Waals surface area contributed by atoms with Gasteiger partial charge in [-0.05, 0) is 63.6 Å². The van der Waals surface area contributed by atoms with Crippen LogP contribution in [0.3, 0.4) is 0 Å². The van der Waals surface area contributed by atoms with E-state index in [-0.39, 0.29) is 24.6 Å². The maximum atomic E-state index is 12.8. The van der Waals surface area contributed by atoms with Crippen molar-refractivity contribution in [2.24, 2.45) is 23.2 Å². The van der Waals surface area contributed by atoms with Crippen LogP contribution in [0.5, 0.6) is 0 Å². The fourth-order valence-electron chi connectivity index (χ4n) is 5.15. The van der Waals surface area contributed by atoms with E-state index in [9.17, 15) is 9.59 Å². The van der Waals surface area contributed by atoms with Gasteiger partial charge >= 0.3 is 0 Å². The lowest BCUT2D eigenvalue weighted by Crippen LogP contribution is -2.58. The van der Waals surface area contributed by atoms with Crippen LogP contribution in [0.4, 0.5) is 5.69 Å². The van der Waals surface area contributed by atoms with Gasteiger partial charge in [-0.1, -0.05) is 32.4 Å². The number of carbonyl (C=O) groups excluding carboxylic acids is 1. The number of aromatic nitrogens is 3. The molecule has 0 spiro atoms. The Kier molecular flexibility index (Phi) is 6.14. The van der Waals surface area contributed by atoms with Crippen LogP contribution in [0.25, 0.3) is 0 Å². The number of pyridine rings is 1. The molecule has 31 heavy (non-hydrogen) atoms. The lowest BCUT2D eigenvalue weighted by Gasteiger charge is -2.62. The summed E-state index contributed by atoms with van der Waals surface area (Å²) in [6.45, 7) is 7.11. The zero-order chi connectivity index (χ0) is 22.3. The van der Waals surface area contributed by atoms with Gasteiger partial charge in [0.1, 0.15) is 11.0 Å². The van der Waals surface area contributed by atoms with Crippen molar-refractivity contribution in [3.8, 4) is 0 Å². The first-order valence-electron chi connectivity index (χ1n) is 10.6. The molecule has 0 radical (unpaired) electrons. The molecule has 5 rings (SSSR count). The third kappa shape index (κ3) is 4.24. The molecule has 7 nitrogen and oxygen atoms in total. The van der Waals surface area contributed by atoms with Gasteiger partial charge in [0.05, 0.1) is 16.9 Å². The van der Waals surface area contributed by atoms with Crippen molar-refractivity contribution in [1.82, 2.24) is 20.1 Å². The molecule has 1 amide bonds. The second-order valence-electron chi connectivity index (χ2n) is 9.28. The fraction of sp³-hybridized carbons (Fsp3) is 0.545. The van der Waals surface area contributed by atoms with Crippen LogP contribution >= 0.6 is 27.5 Å². The molecular formula is C22H27BrClN5O2. The van der Waals surface area contributed by atoms with Gasteiger partial charge in [-0.3, -0.25) is 14.6 Å². The first-order chi connectivity index (χ1) is 14.7. The van der Waals surface area contributed by atoms with Crippen molar-refractivity contribution in [2.45, 2.75) is 52.7 Å². The van der Waals surface area contributed by atoms with E-state index in [1.54, 1.807) is 18.5 Å².